The van der Waals surface area contributed by atoms with E-state index in [-0.39, 0.29) is 29.1 Å². The molecule has 0 saturated carbocycles. The first-order valence-electron chi connectivity index (χ1n) is 7.53. The van der Waals surface area contributed by atoms with Gasteiger partial charge < -0.3 is 15.6 Å². The first kappa shape index (κ1) is 22.1. The molecular weight excluding hydrogens is 376 g/mol. The van der Waals surface area contributed by atoms with E-state index in [0.29, 0.717) is 12.6 Å². The number of aromatic hydroxyl groups is 1. The van der Waals surface area contributed by atoms with Crippen molar-refractivity contribution in [2.45, 2.75) is 6.23 Å². The Morgan fingerprint density at radius 3 is 1.96 bits per heavy atom. The van der Waals surface area contributed by atoms with Gasteiger partial charge in [0.05, 0.1) is 21.0 Å². The Balaban J connectivity index is 0.000000292. The lowest BCUT2D eigenvalue weighted by Crippen LogP contribution is -2.35. The van der Waals surface area contributed by atoms with Crippen LogP contribution in [0.5, 0.6) is 11.5 Å². The summed E-state index contributed by atoms with van der Waals surface area (Å²) < 4.78 is 5.06. The highest BCUT2D eigenvalue weighted by molar-refractivity contribution is 5.82. The molecule has 1 atom stereocenters. The predicted molar refractivity (Wildman–Crippen MR) is 96.3 cm³/mol. The maximum absolute atomic E-state index is 10.7. The van der Waals surface area contributed by atoms with Crippen LogP contribution in [0.2, 0.25) is 0 Å². The Labute approximate surface area is 157 Å². The van der Waals surface area contributed by atoms with Crippen LogP contribution in [0.3, 0.4) is 0 Å². The molecule has 0 heterocycles. The molecule has 0 spiro atoms. The number of nitro benzene ring substituents is 2. The Morgan fingerprint density at radius 1 is 1.00 bits per heavy atom. The largest absolute Gasteiger partial charge is 0.502 e. The van der Waals surface area contributed by atoms with Crippen LogP contribution in [0.15, 0.2) is 36.4 Å². The molecule has 0 aliphatic rings. The molecule has 28 heavy (non-hydrogen) atoms. The topological polar surface area (TPSA) is 202 Å². The normalized spacial score (nSPS) is 10.8. The van der Waals surface area contributed by atoms with E-state index in [9.17, 15) is 29.8 Å². The number of para-hydroxylation sites is 2. The summed E-state index contributed by atoms with van der Waals surface area (Å²) in [6.45, 7) is -0.00958. The molecule has 0 fully saturated rings. The number of carbonyl (C=O) groups is 2. The molecule has 12 nitrogen and oxygen atoms in total. The van der Waals surface area contributed by atoms with E-state index in [1.54, 1.807) is 0 Å². The summed E-state index contributed by atoms with van der Waals surface area (Å²) in [5, 5.41) is 30.0. The minimum absolute atomic E-state index is 0.00958. The lowest BCUT2D eigenvalue weighted by Gasteiger charge is -2.13. The summed E-state index contributed by atoms with van der Waals surface area (Å²) in [5.74, 6) is -0.738. The van der Waals surface area contributed by atoms with Crippen LogP contribution in [0.25, 0.3) is 0 Å². The van der Waals surface area contributed by atoms with E-state index >= 15 is 0 Å². The monoisotopic (exact) mass is 392 g/mol. The Hall–Kier alpha value is -3.90. The van der Waals surface area contributed by atoms with Crippen LogP contribution >= 0.6 is 0 Å². The zero-order chi connectivity index (χ0) is 21.3. The maximum Gasteiger partial charge on any atom is 0.311 e. The second-order valence-electron chi connectivity index (χ2n) is 5.05. The van der Waals surface area contributed by atoms with Crippen LogP contribution in [0, 0.1) is 20.2 Å². The molecule has 1 unspecified atom stereocenters. The molecule has 0 aliphatic heterocycles. The molecule has 5 N–H and O–H groups in total. The third kappa shape index (κ3) is 5.55. The summed E-state index contributed by atoms with van der Waals surface area (Å²) in [4.78, 5) is 40.4. The smallest absolute Gasteiger partial charge is 0.311 e. The Kier molecular flexibility index (Phi) is 8.14. The highest BCUT2D eigenvalue weighted by atomic mass is 16.6. The molecule has 12 heteroatoms. The van der Waals surface area contributed by atoms with Crippen LogP contribution in [-0.2, 0) is 0 Å². The average molecular weight is 392 g/mol. The van der Waals surface area contributed by atoms with Gasteiger partial charge in [-0.15, -0.1) is 0 Å². The van der Waals surface area contributed by atoms with Gasteiger partial charge in [-0.3, -0.25) is 35.6 Å². The molecule has 2 rings (SSSR count). The van der Waals surface area contributed by atoms with Crippen molar-refractivity contribution in [2.24, 2.45) is 11.5 Å². The summed E-state index contributed by atoms with van der Waals surface area (Å²) in [6.07, 6.45) is -0.0618. The number of nitrogens with two attached hydrogens (primary N) is 2. The first-order chi connectivity index (χ1) is 13.3. The molecular formula is C16H16N4O8. The maximum atomic E-state index is 10.7. The van der Waals surface area contributed by atoms with Gasteiger partial charge in [0.1, 0.15) is 0 Å². The molecule has 0 saturated heterocycles. The number of aldehydes is 2. The zero-order valence-electron chi connectivity index (χ0n) is 14.3. The number of carbonyl (C=O) groups excluding carboxylic acids is 2. The van der Waals surface area contributed by atoms with E-state index < -0.39 is 27.5 Å². The zero-order valence-corrected chi connectivity index (χ0v) is 14.3. The van der Waals surface area contributed by atoms with Crippen LogP contribution in [-0.4, -0.2) is 40.3 Å². The van der Waals surface area contributed by atoms with Gasteiger partial charge in [-0.1, -0.05) is 12.1 Å². The number of nitro groups is 2. The van der Waals surface area contributed by atoms with Crippen LogP contribution in [0.4, 0.5) is 11.4 Å². The van der Waals surface area contributed by atoms with Crippen LogP contribution in [0.1, 0.15) is 20.7 Å². The lowest BCUT2D eigenvalue weighted by atomic mass is 10.2. The molecule has 2 aromatic carbocycles. The fourth-order valence-electron chi connectivity index (χ4n) is 1.90. The van der Waals surface area contributed by atoms with Gasteiger partial charge in [0.15, 0.2) is 18.8 Å². The number of nitrogens with zero attached hydrogens (tertiary/aromatic N) is 2. The van der Waals surface area contributed by atoms with Gasteiger partial charge in [0.25, 0.3) is 0 Å². The summed E-state index contributed by atoms with van der Waals surface area (Å²) in [5.41, 5.74) is 9.86. The van der Waals surface area contributed by atoms with Crippen molar-refractivity contribution in [1.29, 1.82) is 0 Å². The van der Waals surface area contributed by atoms with E-state index in [1.165, 1.54) is 30.3 Å². The highest BCUT2D eigenvalue weighted by Gasteiger charge is 2.20. The minimum Gasteiger partial charge on any atom is -0.502 e. The highest BCUT2D eigenvalue weighted by Crippen LogP contribution is 2.30. The van der Waals surface area contributed by atoms with Gasteiger partial charge in [-0.2, -0.15) is 0 Å². The fourth-order valence-corrected chi connectivity index (χ4v) is 1.90. The van der Waals surface area contributed by atoms with Gasteiger partial charge in [0.2, 0.25) is 11.5 Å². The van der Waals surface area contributed by atoms with Crippen molar-refractivity contribution >= 4 is 23.9 Å². The van der Waals surface area contributed by atoms with Crippen molar-refractivity contribution in [3.63, 3.8) is 0 Å². The second-order valence-corrected chi connectivity index (χ2v) is 5.05. The number of ether oxygens (including phenoxy) is 1. The van der Waals surface area contributed by atoms with E-state index in [2.05, 4.69) is 0 Å². The van der Waals surface area contributed by atoms with E-state index in [0.717, 1.165) is 6.07 Å². The second kappa shape index (κ2) is 10.3. The molecule has 2 aromatic rings. The average Bonchev–Trinajstić information content (AvgIpc) is 2.68. The van der Waals surface area contributed by atoms with Crippen molar-refractivity contribution < 1.29 is 29.3 Å². The Bertz CT molecular complexity index is 887. The molecule has 0 aromatic heterocycles. The van der Waals surface area contributed by atoms with Crippen molar-refractivity contribution in [2.75, 3.05) is 6.54 Å². The molecule has 0 radical (unpaired) electrons. The summed E-state index contributed by atoms with van der Waals surface area (Å²) in [7, 11) is 0. The molecule has 148 valence electrons. The number of hydrogen-bond acceptors (Lipinski definition) is 10. The first-order valence-corrected chi connectivity index (χ1v) is 7.53. The van der Waals surface area contributed by atoms with Crippen molar-refractivity contribution in [3.05, 3.63) is 67.8 Å². The van der Waals surface area contributed by atoms with Crippen LogP contribution < -0.4 is 16.2 Å². The van der Waals surface area contributed by atoms with Crippen molar-refractivity contribution in [3.8, 4) is 11.5 Å². The number of hydrogen-bond donors (Lipinski definition) is 3. The minimum atomic E-state index is -0.889. The lowest BCUT2D eigenvalue weighted by molar-refractivity contribution is -0.386. The molecule has 0 bridgehead atoms. The predicted octanol–water partition coefficient (Wildman–Crippen LogP) is 1.14. The molecule has 0 aliphatic carbocycles. The van der Waals surface area contributed by atoms with Crippen molar-refractivity contribution in [1.82, 2.24) is 0 Å². The number of phenolic OH excluding ortho intramolecular Hbond substituents is 1. The SMILES string of the molecule is NCC(N)Oc1c(C=O)cccc1[N+](=O)[O-].O=Cc1cccc([N+](=O)[O-])c1O. The molecule has 0 amide bonds. The number of rotatable bonds is 7. The fraction of sp³-hybridized carbons (Fsp3) is 0.125. The van der Waals surface area contributed by atoms with Gasteiger partial charge >= 0.3 is 11.4 Å². The van der Waals surface area contributed by atoms with Gasteiger partial charge in [-0.05, 0) is 12.1 Å². The Morgan fingerprint density at radius 2 is 1.50 bits per heavy atom. The standard InChI is InChI=1S/C9H11N3O4.C7H5NO4/c10-4-8(11)16-9-6(5-13)2-1-3-7(9)12(14)15;9-4-5-2-1-3-6(7(5)10)8(11)12/h1-3,5,8H,4,10-11H2;1-4,10H. The van der Waals surface area contributed by atoms with E-state index in [4.69, 9.17) is 21.3 Å². The van der Waals surface area contributed by atoms with Gasteiger partial charge in [-0.25, -0.2) is 0 Å². The third-order valence-corrected chi connectivity index (χ3v) is 3.22. The van der Waals surface area contributed by atoms with Gasteiger partial charge in [0, 0.05) is 18.7 Å². The quantitative estimate of drug-likeness (QED) is 0.265. The van der Waals surface area contributed by atoms with E-state index in [1.807, 2.05) is 0 Å². The third-order valence-electron chi connectivity index (χ3n) is 3.22. The summed E-state index contributed by atoms with van der Waals surface area (Å²) in [6, 6.07) is 7.78. The number of benzene rings is 2. The number of phenols is 1. The summed E-state index contributed by atoms with van der Waals surface area (Å²) >= 11 is 0.